The van der Waals surface area contributed by atoms with E-state index >= 15 is 0 Å². The van der Waals surface area contributed by atoms with Gasteiger partial charge in [0.05, 0.1) is 12.6 Å². The number of hydrogen-bond donors (Lipinski definition) is 1. The number of carbonyl (C=O) groups is 1. The van der Waals surface area contributed by atoms with Gasteiger partial charge in [-0.15, -0.1) is 11.3 Å². The van der Waals surface area contributed by atoms with Crippen LogP contribution in [0, 0.1) is 12.7 Å². The lowest BCUT2D eigenvalue weighted by atomic mass is 10.1. The van der Waals surface area contributed by atoms with Gasteiger partial charge in [0.1, 0.15) is 11.4 Å². The van der Waals surface area contributed by atoms with Gasteiger partial charge in [-0.1, -0.05) is 12.5 Å². The number of nitrogens with one attached hydrogen (secondary N) is 1. The number of thiophene rings is 1. The average Bonchev–Trinajstić information content (AvgIpc) is 3.35. The monoisotopic (exact) mass is 400 g/mol. The van der Waals surface area contributed by atoms with Crippen molar-refractivity contribution in [3.8, 4) is 0 Å². The third-order valence-corrected chi connectivity index (χ3v) is 6.45. The summed E-state index contributed by atoms with van der Waals surface area (Å²) < 4.78 is 19.2. The minimum atomic E-state index is -0.325. The van der Waals surface area contributed by atoms with Crippen LogP contribution < -0.4 is 5.32 Å². The Morgan fingerprint density at radius 2 is 2.11 bits per heavy atom. The van der Waals surface area contributed by atoms with Gasteiger partial charge in [0.2, 0.25) is 5.78 Å². The highest BCUT2D eigenvalue weighted by Gasteiger charge is 2.24. The first kappa shape index (κ1) is 19.3. The molecule has 4 nitrogen and oxygen atoms in total. The maximum atomic E-state index is 13.5. The quantitative estimate of drug-likeness (QED) is 0.571. The van der Waals surface area contributed by atoms with Crippen LogP contribution in [0.25, 0.3) is 11.0 Å². The van der Waals surface area contributed by atoms with Crippen LogP contribution in [-0.2, 0) is 0 Å². The first-order valence-corrected chi connectivity index (χ1v) is 10.7. The number of Topliss-reactive ketones (excluding diaryl/α,β-unsaturated/α-hetero) is 1. The first-order chi connectivity index (χ1) is 13.6. The zero-order valence-electron chi connectivity index (χ0n) is 16.0. The fourth-order valence-electron chi connectivity index (χ4n) is 3.98. The first-order valence-electron chi connectivity index (χ1n) is 9.83. The SMILES string of the molecule is Cc1c(C(=O)CNCC(c2cccs2)N2CCCCC2)oc2ccc(F)cc12. The van der Waals surface area contributed by atoms with Gasteiger partial charge < -0.3 is 9.73 Å². The Hall–Kier alpha value is -2.02. The normalized spacial score (nSPS) is 16.5. The largest absolute Gasteiger partial charge is 0.453 e. The van der Waals surface area contributed by atoms with E-state index in [4.69, 9.17) is 4.42 Å². The number of hydrogen-bond acceptors (Lipinski definition) is 5. The fraction of sp³-hybridized carbons (Fsp3) is 0.409. The molecule has 1 N–H and O–H groups in total. The van der Waals surface area contributed by atoms with Crippen LogP contribution in [0.1, 0.15) is 46.3 Å². The molecule has 28 heavy (non-hydrogen) atoms. The van der Waals surface area contributed by atoms with Crippen LogP contribution >= 0.6 is 11.3 Å². The third kappa shape index (κ3) is 4.04. The van der Waals surface area contributed by atoms with Gasteiger partial charge in [-0.05, 0) is 62.5 Å². The van der Waals surface area contributed by atoms with E-state index in [1.807, 2.05) is 0 Å². The number of fused-ring (bicyclic) bond motifs is 1. The van der Waals surface area contributed by atoms with Crippen LogP contribution in [0.5, 0.6) is 0 Å². The van der Waals surface area contributed by atoms with Crippen LogP contribution in [0.4, 0.5) is 4.39 Å². The van der Waals surface area contributed by atoms with Gasteiger partial charge in [-0.2, -0.15) is 0 Å². The second-order valence-corrected chi connectivity index (χ2v) is 8.36. The second-order valence-electron chi connectivity index (χ2n) is 7.38. The van der Waals surface area contributed by atoms with E-state index in [1.54, 1.807) is 24.3 Å². The van der Waals surface area contributed by atoms with E-state index < -0.39 is 0 Å². The Kier molecular flexibility index (Phi) is 5.90. The van der Waals surface area contributed by atoms with Crippen molar-refractivity contribution >= 4 is 28.1 Å². The van der Waals surface area contributed by atoms with E-state index in [0.717, 1.165) is 19.6 Å². The summed E-state index contributed by atoms with van der Waals surface area (Å²) >= 11 is 1.77. The molecule has 1 unspecified atom stereocenters. The Bertz CT molecular complexity index is 945. The maximum absolute atomic E-state index is 13.5. The molecule has 1 aliphatic heterocycles. The molecule has 0 saturated carbocycles. The lowest BCUT2D eigenvalue weighted by Gasteiger charge is -2.34. The van der Waals surface area contributed by atoms with E-state index in [9.17, 15) is 9.18 Å². The molecular weight excluding hydrogens is 375 g/mol. The minimum absolute atomic E-state index is 0.0994. The molecule has 3 heterocycles. The van der Waals surface area contributed by atoms with Gasteiger partial charge in [-0.25, -0.2) is 4.39 Å². The van der Waals surface area contributed by atoms with Gasteiger partial charge >= 0.3 is 0 Å². The van der Waals surface area contributed by atoms with Gasteiger partial charge in [0, 0.05) is 22.4 Å². The summed E-state index contributed by atoms with van der Waals surface area (Å²) in [5.41, 5.74) is 1.25. The molecule has 0 amide bonds. The summed E-state index contributed by atoms with van der Waals surface area (Å²) in [4.78, 5) is 16.6. The standard InChI is InChI=1S/C22H25FN2O2S/c1-15-17-12-16(23)7-8-20(17)27-22(15)19(26)14-24-13-18(21-6-5-11-28-21)25-9-3-2-4-10-25/h5-8,11-12,18,24H,2-4,9-10,13-14H2,1H3. The minimum Gasteiger partial charge on any atom is -0.453 e. The van der Waals surface area contributed by atoms with Crippen molar-refractivity contribution in [2.24, 2.45) is 0 Å². The van der Waals surface area contributed by atoms with E-state index in [2.05, 4.69) is 27.7 Å². The number of nitrogens with zero attached hydrogens (tertiary/aromatic N) is 1. The third-order valence-electron chi connectivity index (χ3n) is 5.48. The van der Waals surface area contributed by atoms with Crippen LogP contribution in [0.2, 0.25) is 0 Å². The predicted octanol–water partition coefficient (Wildman–Crippen LogP) is 4.94. The van der Waals surface area contributed by atoms with Crippen molar-refractivity contribution in [3.63, 3.8) is 0 Å². The molecule has 148 valence electrons. The van der Waals surface area contributed by atoms with Crippen molar-refractivity contribution in [3.05, 3.63) is 57.7 Å². The smallest absolute Gasteiger partial charge is 0.212 e. The molecule has 1 aromatic carbocycles. The van der Waals surface area contributed by atoms with Crippen molar-refractivity contribution in [2.75, 3.05) is 26.2 Å². The highest BCUT2D eigenvalue weighted by atomic mass is 32.1. The molecule has 6 heteroatoms. The number of aryl methyl sites for hydroxylation is 1. The highest BCUT2D eigenvalue weighted by Crippen LogP contribution is 2.28. The maximum Gasteiger partial charge on any atom is 0.212 e. The Morgan fingerprint density at radius 3 is 2.86 bits per heavy atom. The van der Waals surface area contributed by atoms with Crippen molar-refractivity contribution < 1.29 is 13.6 Å². The molecule has 1 fully saturated rings. The summed E-state index contributed by atoms with van der Waals surface area (Å²) in [6.07, 6.45) is 3.76. The number of benzene rings is 1. The lowest BCUT2D eigenvalue weighted by molar-refractivity contribution is 0.0959. The summed E-state index contributed by atoms with van der Waals surface area (Å²) in [6.45, 7) is 4.94. The molecule has 0 bridgehead atoms. The summed E-state index contributed by atoms with van der Waals surface area (Å²) in [6, 6.07) is 8.89. The molecule has 0 spiro atoms. The number of halogens is 1. The number of piperidine rings is 1. The highest BCUT2D eigenvalue weighted by molar-refractivity contribution is 7.10. The number of likely N-dealkylation sites (tertiary alicyclic amines) is 1. The van der Waals surface area contributed by atoms with E-state index in [-0.39, 0.29) is 18.1 Å². The van der Waals surface area contributed by atoms with Crippen LogP contribution in [0.15, 0.2) is 40.1 Å². The predicted molar refractivity (Wildman–Crippen MR) is 111 cm³/mol. The molecule has 1 aliphatic rings. The molecule has 1 atom stereocenters. The number of rotatable bonds is 7. The molecule has 0 radical (unpaired) electrons. The molecule has 4 rings (SSSR count). The van der Waals surface area contributed by atoms with Gasteiger partial charge in [0.25, 0.3) is 0 Å². The molecule has 1 saturated heterocycles. The van der Waals surface area contributed by atoms with Crippen molar-refractivity contribution in [2.45, 2.75) is 32.2 Å². The molecule has 3 aromatic rings. The van der Waals surface area contributed by atoms with E-state index in [0.29, 0.717) is 28.3 Å². The Balaban J connectivity index is 1.43. The average molecular weight is 401 g/mol. The molecular formula is C22H25FN2O2S. The van der Waals surface area contributed by atoms with Crippen LogP contribution in [-0.4, -0.2) is 36.9 Å². The number of furan rings is 1. The van der Waals surface area contributed by atoms with Gasteiger partial charge in [0.15, 0.2) is 5.76 Å². The molecule has 2 aromatic heterocycles. The Morgan fingerprint density at radius 1 is 1.29 bits per heavy atom. The zero-order chi connectivity index (χ0) is 19.5. The fourth-order valence-corrected chi connectivity index (χ4v) is 4.84. The van der Waals surface area contributed by atoms with E-state index in [1.165, 1.54) is 36.3 Å². The number of ketones is 1. The lowest BCUT2D eigenvalue weighted by Crippen LogP contribution is -2.39. The van der Waals surface area contributed by atoms with Crippen LogP contribution in [0.3, 0.4) is 0 Å². The summed E-state index contributed by atoms with van der Waals surface area (Å²) in [7, 11) is 0. The summed E-state index contributed by atoms with van der Waals surface area (Å²) in [5, 5.41) is 6.10. The second kappa shape index (κ2) is 8.55. The molecule has 0 aliphatic carbocycles. The zero-order valence-corrected chi connectivity index (χ0v) is 16.9. The van der Waals surface area contributed by atoms with Gasteiger partial charge in [-0.3, -0.25) is 9.69 Å². The van der Waals surface area contributed by atoms with Crippen molar-refractivity contribution in [1.29, 1.82) is 0 Å². The number of carbonyl (C=O) groups excluding carboxylic acids is 1. The van der Waals surface area contributed by atoms with Crippen molar-refractivity contribution in [1.82, 2.24) is 10.2 Å². The Labute approximate surface area is 168 Å². The summed E-state index contributed by atoms with van der Waals surface area (Å²) in [5.74, 6) is -0.106. The topological polar surface area (TPSA) is 45.5 Å².